The lowest BCUT2D eigenvalue weighted by molar-refractivity contribution is -0.132. The van der Waals surface area contributed by atoms with Crippen LogP contribution >= 0.6 is 0 Å². The van der Waals surface area contributed by atoms with Gasteiger partial charge in [0.05, 0.1) is 12.2 Å². The molecule has 0 unspecified atom stereocenters. The molecule has 1 aliphatic rings. The number of nitriles is 1. The summed E-state index contributed by atoms with van der Waals surface area (Å²) >= 11 is 0. The highest BCUT2D eigenvalue weighted by Gasteiger charge is 2.23. The first-order valence-corrected chi connectivity index (χ1v) is 7.79. The smallest absolute Gasteiger partial charge is 0.236 e. The van der Waals surface area contributed by atoms with E-state index in [9.17, 15) is 4.79 Å². The molecule has 6 heteroatoms. The highest BCUT2D eigenvalue weighted by Crippen LogP contribution is 2.19. The number of anilines is 1. The molecule has 6 nitrogen and oxygen atoms in total. The fourth-order valence-electron chi connectivity index (χ4n) is 2.67. The van der Waals surface area contributed by atoms with Gasteiger partial charge in [0.25, 0.3) is 0 Å². The zero-order chi connectivity index (χ0) is 15.9. The molecule has 1 saturated heterocycles. The average Bonchev–Trinajstić information content (AvgIpc) is 2.59. The summed E-state index contributed by atoms with van der Waals surface area (Å²) in [5, 5.41) is 9.13. The molecule has 118 valence electrons. The van der Waals surface area contributed by atoms with Crippen LogP contribution in [0.5, 0.6) is 0 Å². The Bertz CT molecular complexity index is 542. The molecule has 0 aliphatic carbocycles. The zero-order valence-electron chi connectivity index (χ0n) is 13.3. The summed E-state index contributed by atoms with van der Waals surface area (Å²) in [6.07, 6.45) is 1.63. The number of carbonyl (C=O) groups excluding carboxylic acids is 1. The van der Waals surface area contributed by atoms with E-state index in [2.05, 4.69) is 34.7 Å². The normalized spacial score (nSPS) is 15.0. The first-order valence-electron chi connectivity index (χ1n) is 7.79. The van der Waals surface area contributed by atoms with Gasteiger partial charge in [0, 0.05) is 32.4 Å². The molecule has 0 saturated carbocycles. The van der Waals surface area contributed by atoms with Gasteiger partial charge in [-0.25, -0.2) is 4.98 Å². The first kappa shape index (κ1) is 16.2. The average molecular weight is 301 g/mol. The van der Waals surface area contributed by atoms with Crippen molar-refractivity contribution in [3.8, 4) is 6.07 Å². The zero-order valence-corrected chi connectivity index (χ0v) is 13.3. The molecular weight excluding hydrogens is 278 g/mol. The number of hydrogen-bond acceptors (Lipinski definition) is 5. The van der Waals surface area contributed by atoms with Crippen LogP contribution in [0.4, 0.5) is 5.69 Å². The maximum absolute atomic E-state index is 12.3. The van der Waals surface area contributed by atoms with Gasteiger partial charge in [-0.15, -0.1) is 0 Å². The molecule has 0 N–H and O–H groups in total. The van der Waals surface area contributed by atoms with Gasteiger partial charge in [-0.1, -0.05) is 13.8 Å². The number of amides is 1. The predicted octanol–water partition coefficient (Wildman–Crippen LogP) is 0.944. The van der Waals surface area contributed by atoms with Crippen molar-refractivity contribution in [1.82, 2.24) is 14.8 Å². The predicted molar refractivity (Wildman–Crippen MR) is 85.5 cm³/mol. The lowest BCUT2D eigenvalue weighted by Crippen LogP contribution is -2.51. The van der Waals surface area contributed by atoms with E-state index in [0.29, 0.717) is 25.3 Å². The molecule has 0 radical (unpaired) electrons. The Morgan fingerprint density at radius 2 is 2.00 bits per heavy atom. The third kappa shape index (κ3) is 3.74. The molecule has 1 fully saturated rings. The molecule has 2 heterocycles. The number of rotatable bonds is 5. The van der Waals surface area contributed by atoms with Gasteiger partial charge in [-0.2, -0.15) is 5.26 Å². The number of pyridine rings is 1. The van der Waals surface area contributed by atoms with Crippen LogP contribution in [0.2, 0.25) is 0 Å². The molecule has 1 aliphatic heterocycles. The van der Waals surface area contributed by atoms with Crippen LogP contribution in [-0.4, -0.2) is 66.5 Å². The third-order valence-corrected chi connectivity index (χ3v) is 4.12. The summed E-state index contributed by atoms with van der Waals surface area (Å²) in [6.45, 7) is 9.28. The van der Waals surface area contributed by atoms with Gasteiger partial charge >= 0.3 is 0 Å². The second-order valence-electron chi connectivity index (χ2n) is 5.31. The Morgan fingerprint density at radius 3 is 2.59 bits per heavy atom. The highest BCUT2D eigenvalue weighted by molar-refractivity contribution is 5.78. The summed E-state index contributed by atoms with van der Waals surface area (Å²) in [7, 11) is 0. The number of hydrogen-bond donors (Lipinski definition) is 0. The Balaban J connectivity index is 1.93. The molecule has 2 rings (SSSR count). The Morgan fingerprint density at radius 1 is 1.32 bits per heavy atom. The Kier molecular flexibility index (Phi) is 5.73. The van der Waals surface area contributed by atoms with Gasteiger partial charge in [-0.05, 0) is 25.2 Å². The second kappa shape index (κ2) is 7.76. The summed E-state index contributed by atoms with van der Waals surface area (Å²) in [5.74, 6) is 0.190. The molecule has 1 aromatic heterocycles. The van der Waals surface area contributed by atoms with Crippen molar-refractivity contribution in [3.63, 3.8) is 0 Å². The van der Waals surface area contributed by atoms with Crippen molar-refractivity contribution in [2.75, 3.05) is 50.7 Å². The molecule has 0 aromatic carbocycles. The van der Waals surface area contributed by atoms with Crippen molar-refractivity contribution in [3.05, 3.63) is 24.0 Å². The van der Waals surface area contributed by atoms with Gasteiger partial charge in [0.15, 0.2) is 5.69 Å². The molecule has 1 amide bonds. The van der Waals surface area contributed by atoms with Gasteiger partial charge in [0.2, 0.25) is 5.91 Å². The summed E-state index contributed by atoms with van der Waals surface area (Å²) in [4.78, 5) is 22.6. The van der Waals surface area contributed by atoms with Crippen LogP contribution in [0.1, 0.15) is 19.5 Å². The topological polar surface area (TPSA) is 63.5 Å². The van der Waals surface area contributed by atoms with Crippen molar-refractivity contribution in [1.29, 1.82) is 5.26 Å². The standard InChI is InChI=1S/C16H23N5O/c1-3-19(4-2)13-16(22)21-10-8-20(9-11-21)15-6-5-7-18-14(15)12-17/h5-7H,3-4,8-11,13H2,1-2H3. The Hall–Kier alpha value is -2.13. The minimum absolute atomic E-state index is 0.190. The van der Waals surface area contributed by atoms with E-state index in [0.717, 1.165) is 31.9 Å². The molecule has 0 spiro atoms. The lowest BCUT2D eigenvalue weighted by atomic mass is 10.2. The number of piperazine rings is 1. The van der Waals surface area contributed by atoms with Crippen molar-refractivity contribution in [2.24, 2.45) is 0 Å². The van der Waals surface area contributed by atoms with E-state index in [4.69, 9.17) is 5.26 Å². The van der Waals surface area contributed by atoms with Crippen LogP contribution < -0.4 is 4.90 Å². The second-order valence-corrected chi connectivity index (χ2v) is 5.31. The summed E-state index contributed by atoms with van der Waals surface area (Å²) in [5.41, 5.74) is 1.31. The maximum Gasteiger partial charge on any atom is 0.236 e. The number of aromatic nitrogens is 1. The van der Waals surface area contributed by atoms with Crippen LogP contribution in [0.25, 0.3) is 0 Å². The maximum atomic E-state index is 12.3. The molecule has 0 bridgehead atoms. The van der Waals surface area contributed by atoms with Crippen molar-refractivity contribution in [2.45, 2.75) is 13.8 Å². The molecule has 0 atom stereocenters. The SMILES string of the molecule is CCN(CC)CC(=O)N1CCN(c2cccnc2C#N)CC1. The van der Waals surface area contributed by atoms with Crippen LogP contribution in [0, 0.1) is 11.3 Å². The van der Waals surface area contributed by atoms with Crippen molar-refractivity contribution >= 4 is 11.6 Å². The lowest BCUT2D eigenvalue weighted by Gasteiger charge is -2.37. The van der Waals surface area contributed by atoms with Crippen molar-refractivity contribution < 1.29 is 4.79 Å². The van der Waals surface area contributed by atoms with Gasteiger partial charge in [0.1, 0.15) is 6.07 Å². The number of nitrogens with zero attached hydrogens (tertiary/aromatic N) is 5. The van der Waals surface area contributed by atoms with Crippen LogP contribution in [-0.2, 0) is 4.79 Å². The van der Waals surface area contributed by atoms with E-state index >= 15 is 0 Å². The molecular formula is C16H23N5O. The third-order valence-electron chi connectivity index (χ3n) is 4.12. The van der Waals surface area contributed by atoms with Gasteiger partial charge in [-0.3, -0.25) is 9.69 Å². The van der Waals surface area contributed by atoms with Crippen LogP contribution in [0.3, 0.4) is 0 Å². The minimum Gasteiger partial charge on any atom is -0.366 e. The highest BCUT2D eigenvalue weighted by atomic mass is 16.2. The monoisotopic (exact) mass is 301 g/mol. The fourth-order valence-corrected chi connectivity index (χ4v) is 2.67. The van der Waals surface area contributed by atoms with E-state index in [1.165, 1.54) is 0 Å². The molecule has 22 heavy (non-hydrogen) atoms. The number of carbonyl (C=O) groups is 1. The van der Waals surface area contributed by atoms with E-state index in [1.54, 1.807) is 6.20 Å². The summed E-state index contributed by atoms with van der Waals surface area (Å²) < 4.78 is 0. The quantitative estimate of drug-likeness (QED) is 0.810. The minimum atomic E-state index is 0.190. The molecule has 1 aromatic rings. The van der Waals surface area contributed by atoms with E-state index in [-0.39, 0.29) is 5.91 Å². The Labute approximate surface area is 131 Å². The first-order chi connectivity index (χ1) is 10.7. The largest absolute Gasteiger partial charge is 0.366 e. The summed E-state index contributed by atoms with van der Waals surface area (Å²) in [6, 6.07) is 5.89. The van der Waals surface area contributed by atoms with E-state index in [1.807, 2.05) is 17.0 Å². The van der Waals surface area contributed by atoms with E-state index < -0.39 is 0 Å². The van der Waals surface area contributed by atoms with Crippen LogP contribution in [0.15, 0.2) is 18.3 Å². The van der Waals surface area contributed by atoms with Gasteiger partial charge < -0.3 is 9.80 Å². The fraction of sp³-hybridized carbons (Fsp3) is 0.562. The number of likely N-dealkylation sites (N-methyl/N-ethyl adjacent to an activating group) is 1.